The predicted molar refractivity (Wildman–Crippen MR) is 129 cm³/mol. The lowest BCUT2D eigenvalue weighted by atomic mass is 10.1. The van der Waals surface area contributed by atoms with Crippen LogP contribution in [0.1, 0.15) is 41.1 Å². The van der Waals surface area contributed by atoms with Gasteiger partial charge in [-0.15, -0.1) is 33.3 Å². The van der Waals surface area contributed by atoms with Gasteiger partial charge in [0.2, 0.25) is 0 Å². The molecule has 1 aliphatic rings. The lowest BCUT2D eigenvalue weighted by Gasteiger charge is -2.12. The van der Waals surface area contributed by atoms with Crippen LogP contribution in [0.3, 0.4) is 0 Å². The van der Waals surface area contributed by atoms with E-state index in [0.29, 0.717) is 17.1 Å². The first-order valence-electron chi connectivity index (χ1n) is 10.8. The van der Waals surface area contributed by atoms with Gasteiger partial charge in [0.25, 0.3) is 5.91 Å². The maximum atomic E-state index is 14.7. The molecule has 2 aromatic carbocycles. The third-order valence-electron chi connectivity index (χ3n) is 5.57. The summed E-state index contributed by atoms with van der Waals surface area (Å²) in [7, 11) is 0. The summed E-state index contributed by atoms with van der Waals surface area (Å²) in [6, 6.07) is 12.0. The lowest BCUT2D eigenvalue weighted by molar-refractivity contribution is 0.102. The number of anilines is 1. The van der Waals surface area contributed by atoms with Crippen LogP contribution < -0.4 is 5.32 Å². The topological polar surface area (TPSA) is 72.7 Å². The fraction of sp³-hybridized carbons (Fsp3) is 0.250. The third-order valence-corrected chi connectivity index (χ3v) is 7.32. The molecule has 0 aliphatic carbocycles. The fourth-order valence-corrected chi connectivity index (χ4v) is 5.51. The summed E-state index contributed by atoms with van der Waals surface area (Å²) in [5.74, 6) is 1.49. The average Bonchev–Trinajstić information content (AvgIpc) is 3.44. The third kappa shape index (κ3) is 4.84. The second kappa shape index (κ2) is 9.84. The van der Waals surface area contributed by atoms with E-state index < -0.39 is 5.82 Å². The minimum atomic E-state index is -0.490. The maximum Gasteiger partial charge on any atom is 0.256 e. The van der Waals surface area contributed by atoms with Crippen molar-refractivity contribution < 1.29 is 9.18 Å². The number of amides is 1. The molecule has 5 rings (SSSR count). The molecule has 0 fully saturated rings. The van der Waals surface area contributed by atoms with Gasteiger partial charge in [-0.2, -0.15) is 0 Å². The Labute approximate surface area is 199 Å². The van der Waals surface area contributed by atoms with Gasteiger partial charge in [0.05, 0.1) is 22.5 Å². The molecule has 6 nitrogen and oxygen atoms in total. The molecule has 33 heavy (non-hydrogen) atoms. The number of fused-ring (bicyclic) bond motifs is 1. The summed E-state index contributed by atoms with van der Waals surface area (Å²) < 4.78 is 16.8. The number of hydrogen-bond donors (Lipinski definition) is 1. The molecule has 2 aromatic heterocycles. The Morgan fingerprint density at radius 2 is 2.06 bits per heavy atom. The number of nitrogens with zero attached hydrogens (tertiary/aromatic N) is 4. The van der Waals surface area contributed by atoms with E-state index >= 15 is 0 Å². The first kappa shape index (κ1) is 21.8. The number of carbonyl (C=O) groups is 1. The van der Waals surface area contributed by atoms with Crippen LogP contribution in [0.25, 0.3) is 11.4 Å². The Balaban J connectivity index is 1.38. The van der Waals surface area contributed by atoms with Crippen LogP contribution in [-0.4, -0.2) is 25.7 Å². The number of rotatable bonds is 6. The molecular weight excluding hydrogens is 457 g/mol. The summed E-state index contributed by atoms with van der Waals surface area (Å²) in [5, 5.41) is 13.4. The number of thioether (sulfide) groups is 1. The quantitative estimate of drug-likeness (QED) is 0.353. The second-order valence-corrected chi connectivity index (χ2v) is 9.55. The molecule has 3 heterocycles. The van der Waals surface area contributed by atoms with Gasteiger partial charge in [-0.3, -0.25) is 4.79 Å². The minimum Gasteiger partial charge on any atom is -0.319 e. The molecule has 0 bridgehead atoms. The molecule has 9 heteroatoms. The summed E-state index contributed by atoms with van der Waals surface area (Å²) in [4.78, 5) is 18.2. The van der Waals surface area contributed by atoms with Crippen LogP contribution >= 0.6 is 23.1 Å². The highest BCUT2D eigenvalue weighted by Gasteiger charge is 2.19. The van der Waals surface area contributed by atoms with Gasteiger partial charge in [0, 0.05) is 34.6 Å². The van der Waals surface area contributed by atoms with E-state index in [1.54, 1.807) is 41.1 Å². The molecule has 1 amide bonds. The molecule has 0 saturated heterocycles. The SMILES string of the molecule is O=C(Nc1cc(-c2nnc3n2CCCCC3)ccc1F)c1ccccc1SCc1cscn1. The van der Waals surface area contributed by atoms with Crippen LogP contribution in [0.5, 0.6) is 0 Å². The minimum absolute atomic E-state index is 0.128. The smallest absolute Gasteiger partial charge is 0.256 e. The van der Waals surface area contributed by atoms with E-state index in [1.807, 2.05) is 17.5 Å². The molecule has 0 saturated carbocycles. The number of aryl methyl sites for hydroxylation is 1. The molecule has 1 N–H and O–H groups in total. The maximum absolute atomic E-state index is 14.7. The van der Waals surface area contributed by atoms with Gasteiger partial charge in [-0.25, -0.2) is 9.37 Å². The van der Waals surface area contributed by atoms with Crippen LogP contribution in [0.15, 0.2) is 58.3 Å². The Kier molecular flexibility index (Phi) is 6.50. The van der Waals surface area contributed by atoms with Crippen molar-refractivity contribution >= 4 is 34.7 Å². The van der Waals surface area contributed by atoms with Gasteiger partial charge in [-0.1, -0.05) is 18.6 Å². The molecule has 0 spiro atoms. The zero-order valence-corrected chi connectivity index (χ0v) is 19.5. The highest BCUT2D eigenvalue weighted by molar-refractivity contribution is 7.98. The summed E-state index contributed by atoms with van der Waals surface area (Å²) in [5.41, 5.74) is 4.12. The highest BCUT2D eigenvalue weighted by Crippen LogP contribution is 2.29. The predicted octanol–water partition coefficient (Wildman–Crippen LogP) is 5.81. The first-order chi connectivity index (χ1) is 16.2. The molecular formula is C24H22FN5OS2. The van der Waals surface area contributed by atoms with Gasteiger partial charge in [0.15, 0.2) is 5.82 Å². The normalized spacial score (nSPS) is 13.4. The average molecular weight is 480 g/mol. The van der Waals surface area contributed by atoms with E-state index in [2.05, 4.69) is 25.1 Å². The van der Waals surface area contributed by atoms with Crippen LogP contribution in [0, 0.1) is 5.82 Å². The lowest BCUT2D eigenvalue weighted by Crippen LogP contribution is -2.14. The second-order valence-electron chi connectivity index (χ2n) is 7.82. The zero-order valence-electron chi connectivity index (χ0n) is 17.8. The van der Waals surface area contributed by atoms with Crippen molar-refractivity contribution in [2.75, 3.05) is 5.32 Å². The number of halogens is 1. The van der Waals surface area contributed by atoms with Crippen molar-refractivity contribution in [3.63, 3.8) is 0 Å². The molecule has 0 unspecified atom stereocenters. The Bertz CT molecular complexity index is 1270. The first-order valence-corrected chi connectivity index (χ1v) is 12.7. The van der Waals surface area contributed by atoms with Crippen LogP contribution in [0.2, 0.25) is 0 Å². The van der Waals surface area contributed by atoms with Gasteiger partial charge in [-0.05, 0) is 43.2 Å². The van der Waals surface area contributed by atoms with Gasteiger partial charge >= 0.3 is 0 Å². The largest absolute Gasteiger partial charge is 0.319 e. The Morgan fingerprint density at radius 3 is 2.94 bits per heavy atom. The number of benzene rings is 2. The molecule has 168 valence electrons. The molecule has 0 atom stereocenters. The highest BCUT2D eigenvalue weighted by atomic mass is 32.2. The van der Waals surface area contributed by atoms with E-state index in [9.17, 15) is 9.18 Å². The fourth-order valence-electron chi connectivity index (χ4n) is 3.89. The van der Waals surface area contributed by atoms with Crippen molar-refractivity contribution in [2.24, 2.45) is 0 Å². The molecule has 4 aromatic rings. The summed E-state index contributed by atoms with van der Waals surface area (Å²) in [6.45, 7) is 0.848. The van der Waals surface area contributed by atoms with Crippen molar-refractivity contribution in [2.45, 2.75) is 42.9 Å². The Hall–Kier alpha value is -3.04. The van der Waals surface area contributed by atoms with Crippen molar-refractivity contribution in [3.05, 3.63) is 76.3 Å². The van der Waals surface area contributed by atoms with Gasteiger partial charge in [0.1, 0.15) is 11.6 Å². The van der Waals surface area contributed by atoms with E-state index in [4.69, 9.17) is 0 Å². The van der Waals surface area contributed by atoms with Gasteiger partial charge < -0.3 is 9.88 Å². The molecule has 0 radical (unpaired) electrons. The number of hydrogen-bond acceptors (Lipinski definition) is 6. The number of thiazole rings is 1. The van der Waals surface area contributed by atoms with Crippen molar-refractivity contribution in [1.29, 1.82) is 0 Å². The molecule has 1 aliphatic heterocycles. The van der Waals surface area contributed by atoms with Crippen molar-refractivity contribution in [1.82, 2.24) is 19.7 Å². The van der Waals surface area contributed by atoms with E-state index in [0.717, 1.165) is 54.2 Å². The van der Waals surface area contributed by atoms with E-state index in [1.165, 1.54) is 17.8 Å². The number of carbonyl (C=O) groups excluding carboxylic acids is 1. The monoisotopic (exact) mass is 479 g/mol. The van der Waals surface area contributed by atoms with Crippen LogP contribution in [-0.2, 0) is 18.7 Å². The van der Waals surface area contributed by atoms with E-state index in [-0.39, 0.29) is 11.6 Å². The standard InChI is InChI=1S/C24H22FN5OS2/c25-19-10-9-16(23-29-28-22-8-2-1-5-11-30(22)23)12-20(19)27-24(31)18-6-3-4-7-21(18)33-14-17-13-32-15-26-17/h3-4,6-7,9-10,12-13,15H,1-2,5,8,11,14H2,(H,27,31). The number of aromatic nitrogens is 4. The van der Waals surface area contributed by atoms with Crippen molar-refractivity contribution in [3.8, 4) is 11.4 Å². The summed E-state index contributed by atoms with van der Waals surface area (Å²) >= 11 is 3.08. The van der Waals surface area contributed by atoms with Crippen LogP contribution in [0.4, 0.5) is 10.1 Å². The zero-order chi connectivity index (χ0) is 22.6. The summed E-state index contributed by atoms with van der Waals surface area (Å²) in [6.07, 6.45) is 4.22. The Morgan fingerprint density at radius 1 is 1.15 bits per heavy atom. The number of nitrogens with one attached hydrogen (secondary N) is 1.